The molecule has 2 N–H and O–H groups in total. The minimum Gasteiger partial charge on any atom is -0.502 e. The monoisotopic (exact) mass is 408 g/mol. The largest absolute Gasteiger partial charge is 0.502 e. The lowest BCUT2D eigenvalue weighted by Crippen LogP contribution is -2.35. The Morgan fingerprint density at radius 3 is 2.07 bits per heavy atom. The number of ether oxygens (including phenoxy) is 2. The van der Waals surface area contributed by atoms with E-state index in [2.05, 4.69) is 5.43 Å². The topological polar surface area (TPSA) is 88.1 Å². The number of hydrazine groups is 1. The second-order valence-corrected chi connectivity index (χ2v) is 6.41. The molecule has 0 atom stereocenters. The Kier molecular flexibility index (Phi) is 5.16. The summed E-state index contributed by atoms with van der Waals surface area (Å²) >= 11 is 11.9. The molecule has 0 spiro atoms. The molecule has 27 heavy (non-hydrogen) atoms. The van der Waals surface area contributed by atoms with E-state index in [0.717, 1.165) is 5.01 Å². The number of halogens is 2. The maximum atomic E-state index is 12.7. The Balaban J connectivity index is 2.00. The second kappa shape index (κ2) is 7.38. The van der Waals surface area contributed by atoms with Crippen LogP contribution in [-0.4, -0.2) is 31.1 Å². The molecule has 0 aromatic heterocycles. The third-order valence-corrected chi connectivity index (χ3v) is 4.25. The van der Waals surface area contributed by atoms with Gasteiger partial charge in [0.2, 0.25) is 5.75 Å². The van der Waals surface area contributed by atoms with Gasteiger partial charge in [-0.05, 0) is 42.0 Å². The van der Waals surface area contributed by atoms with E-state index in [0.29, 0.717) is 21.3 Å². The molecule has 2 aromatic rings. The van der Waals surface area contributed by atoms with Crippen LogP contribution in [0.4, 0.5) is 5.69 Å². The fourth-order valence-corrected chi connectivity index (χ4v) is 3.09. The molecule has 0 bridgehead atoms. The first-order valence-corrected chi connectivity index (χ1v) is 8.38. The van der Waals surface area contributed by atoms with Crippen molar-refractivity contribution in [2.24, 2.45) is 0 Å². The average molecular weight is 409 g/mol. The summed E-state index contributed by atoms with van der Waals surface area (Å²) in [5.41, 5.74) is 3.12. The first-order valence-electron chi connectivity index (χ1n) is 7.62. The molecule has 9 heteroatoms. The zero-order valence-corrected chi connectivity index (χ0v) is 15.8. The van der Waals surface area contributed by atoms with Crippen molar-refractivity contribution in [3.63, 3.8) is 0 Å². The minimum atomic E-state index is -0.595. The van der Waals surface area contributed by atoms with E-state index in [1.165, 1.54) is 50.6 Å². The van der Waals surface area contributed by atoms with Gasteiger partial charge in [0.25, 0.3) is 11.8 Å². The first-order chi connectivity index (χ1) is 12.8. The molecular weight excluding hydrogens is 395 g/mol. The number of anilines is 1. The van der Waals surface area contributed by atoms with E-state index in [-0.39, 0.29) is 22.8 Å². The molecule has 7 nitrogen and oxygen atoms in total. The smallest absolute Gasteiger partial charge is 0.282 e. The highest BCUT2D eigenvalue weighted by Crippen LogP contribution is 2.38. The highest BCUT2D eigenvalue weighted by atomic mass is 35.5. The predicted molar refractivity (Wildman–Crippen MR) is 101 cm³/mol. The third-order valence-electron chi connectivity index (χ3n) is 3.81. The second-order valence-electron chi connectivity index (χ2n) is 5.54. The van der Waals surface area contributed by atoms with Crippen LogP contribution in [0.25, 0.3) is 6.08 Å². The molecule has 3 rings (SSSR count). The normalized spacial score (nSPS) is 15.3. The van der Waals surface area contributed by atoms with Gasteiger partial charge in [-0.3, -0.25) is 15.0 Å². The number of hydrogen-bond acceptors (Lipinski definition) is 5. The Labute approximate surface area is 164 Å². The molecule has 0 saturated carbocycles. The molecule has 2 amide bonds. The van der Waals surface area contributed by atoms with Crippen molar-refractivity contribution in [2.75, 3.05) is 19.2 Å². The number of carbonyl (C=O) groups excluding carboxylic acids is 2. The lowest BCUT2D eigenvalue weighted by molar-refractivity contribution is -0.117. The Morgan fingerprint density at radius 1 is 1.00 bits per heavy atom. The van der Waals surface area contributed by atoms with Crippen molar-refractivity contribution < 1.29 is 24.2 Å². The number of phenolic OH excluding ortho intramolecular Hbond substituents is 1. The Hall–Kier alpha value is -2.90. The lowest BCUT2D eigenvalue weighted by Gasteiger charge is -2.15. The van der Waals surface area contributed by atoms with E-state index in [1.807, 2.05) is 0 Å². The van der Waals surface area contributed by atoms with E-state index >= 15 is 0 Å². The SMILES string of the molecule is COc1cc(/C=C2/C(=O)NN(c3cc(Cl)cc(Cl)c3)C2=O)cc(OC)c1O. The third kappa shape index (κ3) is 3.65. The Morgan fingerprint density at radius 2 is 1.56 bits per heavy atom. The van der Waals surface area contributed by atoms with Crippen molar-refractivity contribution in [1.82, 2.24) is 5.43 Å². The average Bonchev–Trinajstić information content (AvgIpc) is 2.90. The van der Waals surface area contributed by atoms with Crippen LogP contribution < -0.4 is 19.9 Å². The number of aromatic hydroxyl groups is 1. The highest BCUT2D eigenvalue weighted by Gasteiger charge is 2.34. The molecule has 0 aliphatic carbocycles. The number of carbonyl (C=O) groups is 2. The molecule has 2 aromatic carbocycles. The van der Waals surface area contributed by atoms with Gasteiger partial charge in [0.15, 0.2) is 11.5 Å². The van der Waals surface area contributed by atoms with Crippen LogP contribution >= 0.6 is 23.2 Å². The van der Waals surface area contributed by atoms with Crippen LogP contribution in [0.5, 0.6) is 17.2 Å². The molecule has 1 saturated heterocycles. The van der Waals surface area contributed by atoms with Gasteiger partial charge in [-0.2, -0.15) is 0 Å². The zero-order valence-electron chi connectivity index (χ0n) is 14.2. The standard InChI is InChI=1S/C18H14Cl2N2O5/c1-26-14-4-9(5-15(27-2)16(14)23)3-13-17(24)21-22(18(13)25)12-7-10(19)6-11(20)8-12/h3-8,23H,1-2H3,(H,21,24)/b13-3-. The maximum Gasteiger partial charge on any atom is 0.282 e. The summed E-state index contributed by atoms with van der Waals surface area (Å²) in [6, 6.07) is 7.47. The van der Waals surface area contributed by atoms with Crippen molar-refractivity contribution in [3.8, 4) is 17.2 Å². The van der Waals surface area contributed by atoms with Gasteiger partial charge in [-0.15, -0.1) is 0 Å². The van der Waals surface area contributed by atoms with Crippen molar-refractivity contribution in [1.29, 1.82) is 0 Å². The summed E-state index contributed by atoms with van der Waals surface area (Å²) in [5, 5.41) is 11.7. The number of nitrogens with zero attached hydrogens (tertiary/aromatic N) is 1. The minimum absolute atomic E-state index is 0.110. The molecule has 1 heterocycles. The number of nitrogens with one attached hydrogen (secondary N) is 1. The van der Waals surface area contributed by atoms with Crippen LogP contribution in [0.3, 0.4) is 0 Å². The van der Waals surface area contributed by atoms with E-state index < -0.39 is 11.8 Å². The number of methoxy groups -OCH3 is 2. The summed E-state index contributed by atoms with van der Waals surface area (Å²) < 4.78 is 10.2. The zero-order chi connectivity index (χ0) is 19.7. The van der Waals surface area contributed by atoms with Crippen molar-refractivity contribution in [2.45, 2.75) is 0 Å². The van der Waals surface area contributed by atoms with Gasteiger partial charge >= 0.3 is 0 Å². The van der Waals surface area contributed by atoms with Gasteiger partial charge in [0, 0.05) is 10.0 Å². The summed E-state index contributed by atoms with van der Waals surface area (Å²) in [6.45, 7) is 0. The summed E-state index contributed by atoms with van der Waals surface area (Å²) in [5.74, 6) is -1.07. The Bertz CT molecular complexity index is 929. The van der Waals surface area contributed by atoms with Gasteiger partial charge in [-0.25, -0.2) is 5.01 Å². The van der Waals surface area contributed by atoms with Crippen LogP contribution in [0.15, 0.2) is 35.9 Å². The van der Waals surface area contributed by atoms with Crippen molar-refractivity contribution >= 4 is 46.8 Å². The van der Waals surface area contributed by atoms with Crippen LogP contribution in [-0.2, 0) is 9.59 Å². The van der Waals surface area contributed by atoms with Crippen LogP contribution in [0.1, 0.15) is 5.56 Å². The van der Waals surface area contributed by atoms with E-state index in [9.17, 15) is 14.7 Å². The van der Waals surface area contributed by atoms with Crippen molar-refractivity contribution in [3.05, 3.63) is 51.5 Å². The van der Waals surface area contributed by atoms with Crippen LogP contribution in [0.2, 0.25) is 10.0 Å². The first kappa shape index (κ1) is 18.9. The number of phenols is 1. The number of amides is 2. The summed E-state index contributed by atoms with van der Waals surface area (Å²) in [4.78, 5) is 25.0. The molecule has 1 aliphatic heterocycles. The fourth-order valence-electron chi connectivity index (χ4n) is 2.57. The molecular formula is C18H14Cl2N2O5. The van der Waals surface area contributed by atoms with E-state index in [4.69, 9.17) is 32.7 Å². The van der Waals surface area contributed by atoms with Crippen LogP contribution in [0, 0.1) is 0 Å². The molecule has 140 valence electrons. The van der Waals surface area contributed by atoms with Gasteiger partial charge in [-0.1, -0.05) is 23.2 Å². The number of hydrogen-bond donors (Lipinski definition) is 2. The lowest BCUT2D eigenvalue weighted by atomic mass is 10.1. The van der Waals surface area contributed by atoms with Gasteiger partial charge < -0.3 is 14.6 Å². The molecule has 1 aliphatic rings. The van der Waals surface area contributed by atoms with Gasteiger partial charge in [0.05, 0.1) is 19.9 Å². The number of benzene rings is 2. The summed E-state index contributed by atoms with van der Waals surface area (Å²) in [6.07, 6.45) is 1.37. The fraction of sp³-hybridized carbons (Fsp3) is 0.111. The number of rotatable bonds is 4. The highest BCUT2D eigenvalue weighted by molar-refractivity contribution is 6.36. The van der Waals surface area contributed by atoms with E-state index in [1.54, 1.807) is 0 Å². The molecule has 1 fully saturated rings. The maximum absolute atomic E-state index is 12.7. The molecule has 0 unspecified atom stereocenters. The predicted octanol–water partition coefficient (Wildman–Crippen LogP) is 3.18. The van der Waals surface area contributed by atoms with Gasteiger partial charge in [0.1, 0.15) is 5.57 Å². The molecule has 0 radical (unpaired) electrons. The summed E-state index contributed by atoms with van der Waals surface area (Å²) in [7, 11) is 2.76. The quantitative estimate of drug-likeness (QED) is 0.598.